The Labute approximate surface area is 104 Å². The molecule has 1 unspecified atom stereocenters. The largest absolute Gasteiger partial charge is 0.346 e. The van der Waals surface area contributed by atoms with E-state index in [-0.39, 0.29) is 11.9 Å². The minimum atomic E-state index is -0.0915. The molecule has 0 aliphatic carbocycles. The first-order valence-electron chi connectivity index (χ1n) is 3.93. The number of hydrogen-bond acceptors (Lipinski definition) is 2. The van der Waals surface area contributed by atoms with Crippen LogP contribution < -0.4 is 5.32 Å². The molecule has 0 bridgehead atoms. The van der Waals surface area contributed by atoms with Gasteiger partial charge in [0.1, 0.15) is 0 Å². The summed E-state index contributed by atoms with van der Waals surface area (Å²) in [7, 11) is 0. The van der Waals surface area contributed by atoms with Crippen LogP contribution in [-0.2, 0) is 0 Å². The molecular weight excluding hydrogens is 330 g/mol. The number of nitrogens with one attached hydrogen (secondary N) is 1. The fourth-order valence-electron chi connectivity index (χ4n) is 0.839. The molecule has 1 aromatic heterocycles. The molecule has 1 rings (SSSR count). The Balaban J connectivity index is 2.79. The van der Waals surface area contributed by atoms with Crippen LogP contribution in [0.5, 0.6) is 0 Å². The molecule has 1 atom stereocenters. The van der Waals surface area contributed by atoms with Gasteiger partial charge >= 0.3 is 0 Å². The van der Waals surface area contributed by atoms with Gasteiger partial charge in [0, 0.05) is 6.04 Å². The van der Waals surface area contributed by atoms with E-state index in [1.54, 1.807) is 12.1 Å². The highest BCUT2D eigenvalue weighted by Gasteiger charge is 2.14. The van der Waals surface area contributed by atoms with Crippen LogP contribution in [0.3, 0.4) is 0 Å². The Morgan fingerprint density at radius 2 is 2.36 bits per heavy atom. The first-order chi connectivity index (χ1) is 6.54. The second kappa shape index (κ2) is 5.09. The normalized spacial score (nSPS) is 12.2. The van der Waals surface area contributed by atoms with Crippen LogP contribution in [0.15, 0.2) is 26.3 Å². The molecular formula is C9H9Br2NOS. The zero-order chi connectivity index (χ0) is 10.7. The highest BCUT2D eigenvalue weighted by molar-refractivity contribution is 9.12. The lowest BCUT2D eigenvalue weighted by molar-refractivity contribution is 0.0946. The molecule has 0 radical (unpaired) electrons. The predicted octanol–water partition coefficient (Wildman–Crippen LogP) is 3.58. The minimum absolute atomic E-state index is 0.0203. The minimum Gasteiger partial charge on any atom is -0.346 e. The van der Waals surface area contributed by atoms with Crippen LogP contribution >= 0.6 is 43.2 Å². The number of amides is 1. The van der Waals surface area contributed by atoms with Gasteiger partial charge in [-0.1, -0.05) is 6.08 Å². The third kappa shape index (κ3) is 2.93. The van der Waals surface area contributed by atoms with Crippen LogP contribution in [0.1, 0.15) is 17.3 Å². The molecule has 0 fully saturated rings. The van der Waals surface area contributed by atoms with Crippen molar-refractivity contribution in [2.24, 2.45) is 0 Å². The first-order valence-corrected chi connectivity index (χ1v) is 6.33. The fourth-order valence-corrected chi connectivity index (χ4v) is 3.63. The van der Waals surface area contributed by atoms with Gasteiger partial charge in [-0.25, -0.2) is 0 Å². The molecule has 5 heteroatoms. The molecule has 76 valence electrons. The van der Waals surface area contributed by atoms with Gasteiger partial charge in [0.25, 0.3) is 5.91 Å². The Hall–Kier alpha value is -0.130. The summed E-state index contributed by atoms with van der Waals surface area (Å²) >= 11 is 8.13. The van der Waals surface area contributed by atoms with Gasteiger partial charge in [0.2, 0.25) is 0 Å². The van der Waals surface area contributed by atoms with Gasteiger partial charge in [-0.15, -0.1) is 17.9 Å². The molecule has 14 heavy (non-hydrogen) atoms. The summed E-state index contributed by atoms with van der Waals surface area (Å²) in [6, 6.07) is 1.77. The molecule has 1 N–H and O–H groups in total. The van der Waals surface area contributed by atoms with E-state index in [1.165, 1.54) is 11.3 Å². The van der Waals surface area contributed by atoms with Crippen LogP contribution in [0.2, 0.25) is 0 Å². The van der Waals surface area contributed by atoms with Crippen molar-refractivity contribution in [1.82, 2.24) is 5.32 Å². The fraction of sp³-hybridized carbons (Fsp3) is 0.222. The Morgan fingerprint density at radius 1 is 1.71 bits per heavy atom. The Kier molecular flexibility index (Phi) is 4.34. The maximum absolute atomic E-state index is 11.6. The second-order valence-corrected chi connectivity index (χ2v) is 6.49. The number of rotatable bonds is 3. The summed E-state index contributed by atoms with van der Waals surface area (Å²) in [5.74, 6) is -0.0915. The predicted molar refractivity (Wildman–Crippen MR) is 66.8 cm³/mol. The topological polar surface area (TPSA) is 29.1 Å². The third-order valence-corrected chi connectivity index (χ3v) is 3.95. The average molecular weight is 339 g/mol. The maximum atomic E-state index is 11.6. The maximum Gasteiger partial charge on any atom is 0.253 e. The van der Waals surface area contributed by atoms with E-state index in [0.29, 0.717) is 5.56 Å². The number of thiophene rings is 1. The van der Waals surface area contributed by atoms with E-state index in [2.05, 4.69) is 43.8 Å². The molecule has 0 aromatic carbocycles. The van der Waals surface area contributed by atoms with Crippen molar-refractivity contribution in [2.75, 3.05) is 0 Å². The van der Waals surface area contributed by atoms with E-state index in [0.717, 1.165) is 7.57 Å². The van der Waals surface area contributed by atoms with Gasteiger partial charge in [-0.2, -0.15) is 0 Å². The van der Waals surface area contributed by atoms with Crippen molar-refractivity contribution in [1.29, 1.82) is 0 Å². The van der Waals surface area contributed by atoms with E-state index in [1.807, 2.05) is 6.92 Å². The SMILES string of the molecule is C=CC(C)NC(=O)c1cc(Br)sc1Br. The van der Waals surface area contributed by atoms with Crippen molar-refractivity contribution in [3.63, 3.8) is 0 Å². The van der Waals surface area contributed by atoms with Crippen molar-refractivity contribution >= 4 is 49.1 Å². The monoisotopic (exact) mass is 337 g/mol. The summed E-state index contributed by atoms with van der Waals surface area (Å²) in [5.41, 5.74) is 0.649. The quantitative estimate of drug-likeness (QED) is 0.838. The Bertz CT molecular complexity index is 362. The van der Waals surface area contributed by atoms with Gasteiger partial charge in [-0.05, 0) is 44.8 Å². The molecule has 1 amide bonds. The number of carbonyl (C=O) groups excluding carboxylic acids is 1. The first kappa shape index (κ1) is 11.9. The van der Waals surface area contributed by atoms with E-state index >= 15 is 0 Å². The molecule has 1 aromatic rings. The van der Waals surface area contributed by atoms with Crippen LogP contribution in [0.4, 0.5) is 0 Å². The second-order valence-electron chi connectivity index (χ2n) is 2.74. The Morgan fingerprint density at radius 3 is 2.79 bits per heavy atom. The number of hydrogen-bond donors (Lipinski definition) is 1. The molecule has 0 aliphatic rings. The summed E-state index contributed by atoms with van der Waals surface area (Å²) in [6.07, 6.45) is 1.69. The molecule has 0 saturated heterocycles. The average Bonchev–Trinajstić information content (AvgIpc) is 2.45. The van der Waals surface area contributed by atoms with E-state index in [9.17, 15) is 4.79 Å². The van der Waals surface area contributed by atoms with Crippen LogP contribution in [-0.4, -0.2) is 11.9 Å². The zero-order valence-electron chi connectivity index (χ0n) is 7.51. The molecule has 0 spiro atoms. The molecule has 1 heterocycles. The van der Waals surface area contributed by atoms with Gasteiger partial charge in [0.15, 0.2) is 0 Å². The van der Waals surface area contributed by atoms with Crippen molar-refractivity contribution < 1.29 is 4.79 Å². The van der Waals surface area contributed by atoms with Crippen molar-refractivity contribution in [3.05, 3.63) is 31.9 Å². The van der Waals surface area contributed by atoms with Crippen molar-refractivity contribution in [3.8, 4) is 0 Å². The smallest absolute Gasteiger partial charge is 0.253 e. The summed E-state index contributed by atoms with van der Waals surface area (Å²) in [6.45, 7) is 5.48. The highest BCUT2D eigenvalue weighted by Crippen LogP contribution is 2.31. The summed E-state index contributed by atoms with van der Waals surface area (Å²) in [4.78, 5) is 11.6. The van der Waals surface area contributed by atoms with Crippen LogP contribution in [0.25, 0.3) is 0 Å². The molecule has 0 aliphatic heterocycles. The lowest BCUT2D eigenvalue weighted by Gasteiger charge is -2.07. The lowest BCUT2D eigenvalue weighted by Crippen LogP contribution is -2.30. The molecule has 0 saturated carbocycles. The highest BCUT2D eigenvalue weighted by atomic mass is 79.9. The number of halogens is 2. The standard InChI is InChI=1S/C9H9Br2NOS/c1-3-5(2)12-9(13)6-4-7(10)14-8(6)11/h3-5H,1H2,2H3,(H,12,13). The van der Waals surface area contributed by atoms with Gasteiger partial charge in [-0.3, -0.25) is 4.79 Å². The van der Waals surface area contributed by atoms with Crippen LogP contribution in [0, 0.1) is 0 Å². The van der Waals surface area contributed by atoms with Gasteiger partial charge in [0.05, 0.1) is 13.1 Å². The lowest BCUT2D eigenvalue weighted by atomic mass is 10.3. The summed E-state index contributed by atoms with van der Waals surface area (Å²) < 4.78 is 1.76. The van der Waals surface area contributed by atoms with E-state index in [4.69, 9.17) is 0 Å². The number of carbonyl (C=O) groups is 1. The zero-order valence-corrected chi connectivity index (χ0v) is 11.5. The van der Waals surface area contributed by atoms with Gasteiger partial charge < -0.3 is 5.32 Å². The summed E-state index contributed by atoms with van der Waals surface area (Å²) in [5, 5.41) is 2.80. The van der Waals surface area contributed by atoms with E-state index < -0.39 is 0 Å². The molecule has 2 nitrogen and oxygen atoms in total. The van der Waals surface area contributed by atoms with Crippen molar-refractivity contribution in [2.45, 2.75) is 13.0 Å². The third-order valence-electron chi connectivity index (χ3n) is 1.61.